The molecule has 0 heterocycles. The predicted octanol–water partition coefficient (Wildman–Crippen LogP) is 3.58. The van der Waals surface area contributed by atoms with Gasteiger partial charge in [-0.25, -0.2) is 4.79 Å². The summed E-state index contributed by atoms with van der Waals surface area (Å²) in [4.78, 5) is 11.7. The third-order valence-corrected chi connectivity index (χ3v) is 3.30. The van der Waals surface area contributed by atoms with Crippen molar-refractivity contribution in [1.82, 2.24) is 5.32 Å². The van der Waals surface area contributed by atoms with Gasteiger partial charge in [-0.05, 0) is 11.1 Å². The molecule has 0 fully saturated rings. The van der Waals surface area contributed by atoms with E-state index in [-0.39, 0.29) is 12.2 Å². The fourth-order valence-electron chi connectivity index (χ4n) is 2.07. The van der Waals surface area contributed by atoms with E-state index in [1.54, 1.807) is 41.7 Å². The van der Waals surface area contributed by atoms with E-state index in [9.17, 15) is 23.1 Å². The average molecular weight is 339 g/mol. The van der Waals surface area contributed by atoms with E-state index < -0.39 is 24.4 Å². The first-order valence-corrected chi connectivity index (χ1v) is 7.15. The smallest absolute Gasteiger partial charge is 0.411 e. The highest BCUT2D eigenvalue weighted by Crippen LogP contribution is 2.30. The molecule has 0 spiro atoms. The number of aliphatic hydroxyl groups is 1. The van der Waals surface area contributed by atoms with Crippen molar-refractivity contribution in [2.75, 3.05) is 0 Å². The Morgan fingerprint density at radius 2 is 1.58 bits per heavy atom. The van der Waals surface area contributed by atoms with Crippen LogP contribution in [0.4, 0.5) is 18.0 Å². The lowest BCUT2D eigenvalue weighted by Crippen LogP contribution is -2.49. The third-order valence-electron chi connectivity index (χ3n) is 3.30. The number of nitrogens with one attached hydrogen (secondary N) is 1. The number of aliphatic hydroxyl groups excluding tert-OH is 1. The van der Waals surface area contributed by atoms with Gasteiger partial charge in [0.1, 0.15) is 12.7 Å². The number of alkyl halides is 3. The molecule has 2 aromatic carbocycles. The summed E-state index contributed by atoms with van der Waals surface area (Å²) in [5, 5.41) is 11.6. The second-order valence-electron chi connectivity index (χ2n) is 5.08. The molecule has 2 N–H and O–H groups in total. The molecule has 0 radical (unpaired) electrons. The second kappa shape index (κ2) is 7.83. The summed E-state index contributed by atoms with van der Waals surface area (Å²) < 4.78 is 44.2. The Morgan fingerprint density at radius 1 is 1.04 bits per heavy atom. The average Bonchev–Trinajstić information content (AvgIpc) is 2.58. The minimum Gasteiger partial charge on any atom is -0.445 e. The second-order valence-corrected chi connectivity index (χ2v) is 5.08. The van der Waals surface area contributed by atoms with Crippen molar-refractivity contribution in [2.24, 2.45) is 0 Å². The first-order valence-electron chi connectivity index (χ1n) is 7.15. The van der Waals surface area contributed by atoms with Crippen LogP contribution in [0.25, 0.3) is 0 Å². The van der Waals surface area contributed by atoms with Gasteiger partial charge in [0, 0.05) is 0 Å². The lowest BCUT2D eigenvalue weighted by molar-refractivity contribution is -0.177. The number of ether oxygens (including phenoxy) is 1. The molecule has 0 unspecified atom stereocenters. The molecule has 0 saturated heterocycles. The SMILES string of the molecule is O=C(N[C@@H]([C@@H](O)c1ccccc1)C(F)(F)F)OCc1ccccc1. The maximum Gasteiger partial charge on any atom is 0.411 e. The number of halogens is 3. The highest BCUT2D eigenvalue weighted by Gasteiger charge is 2.46. The molecule has 0 aliphatic carbocycles. The van der Waals surface area contributed by atoms with Crippen LogP contribution in [0.2, 0.25) is 0 Å². The molecule has 1 amide bonds. The monoisotopic (exact) mass is 339 g/mol. The summed E-state index contributed by atoms with van der Waals surface area (Å²) >= 11 is 0. The van der Waals surface area contributed by atoms with Crippen molar-refractivity contribution in [2.45, 2.75) is 24.9 Å². The lowest BCUT2D eigenvalue weighted by atomic mass is 10.0. The van der Waals surface area contributed by atoms with E-state index in [0.29, 0.717) is 5.56 Å². The molecule has 128 valence electrons. The van der Waals surface area contributed by atoms with Gasteiger partial charge in [0.15, 0.2) is 6.04 Å². The third kappa shape index (κ3) is 4.99. The van der Waals surface area contributed by atoms with Crippen LogP contribution in [-0.2, 0) is 11.3 Å². The molecule has 0 aromatic heterocycles. The van der Waals surface area contributed by atoms with Gasteiger partial charge in [-0.2, -0.15) is 13.2 Å². The van der Waals surface area contributed by atoms with Gasteiger partial charge in [0.05, 0.1) is 0 Å². The number of amides is 1. The van der Waals surface area contributed by atoms with Crippen molar-refractivity contribution in [3.8, 4) is 0 Å². The topological polar surface area (TPSA) is 58.6 Å². The molecule has 4 nitrogen and oxygen atoms in total. The number of alkyl carbamates (subject to hydrolysis) is 1. The van der Waals surface area contributed by atoms with Crippen molar-refractivity contribution in [3.63, 3.8) is 0 Å². The van der Waals surface area contributed by atoms with Crippen molar-refractivity contribution in [1.29, 1.82) is 0 Å². The van der Waals surface area contributed by atoms with Crippen LogP contribution in [0.15, 0.2) is 60.7 Å². The van der Waals surface area contributed by atoms with Gasteiger partial charge in [0.2, 0.25) is 0 Å². The highest BCUT2D eigenvalue weighted by atomic mass is 19.4. The van der Waals surface area contributed by atoms with Crippen LogP contribution < -0.4 is 5.32 Å². The maximum absolute atomic E-state index is 13.1. The number of benzene rings is 2. The van der Waals surface area contributed by atoms with E-state index >= 15 is 0 Å². The Bertz CT molecular complexity index is 647. The molecule has 0 saturated carbocycles. The quantitative estimate of drug-likeness (QED) is 0.875. The van der Waals surface area contributed by atoms with Gasteiger partial charge >= 0.3 is 12.3 Å². The zero-order chi connectivity index (χ0) is 17.6. The number of rotatable bonds is 5. The first-order chi connectivity index (χ1) is 11.4. The lowest BCUT2D eigenvalue weighted by Gasteiger charge is -2.26. The van der Waals surface area contributed by atoms with Gasteiger partial charge in [-0.3, -0.25) is 0 Å². The summed E-state index contributed by atoms with van der Waals surface area (Å²) in [6, 6.07) is 13.4. The number of hydrogen-bond acceptors (Lipinski definition) is 3. The minimum atomic E-state index is -4.83. The van der Waals surface area contributed by atoms with E-state index in [2.05, 4.69) is 0 Å². The van der Waals surface area contributed by atoms with E-state index in [0.717, 1.165) is 0 Å². The fourth-order valence-corrected chi connectivity index (χ4v) is 2.07. The van der Waals surface area contributed by atoms with Crippen LogP contribution in [0.3, 0.4) is 0 Å². The number of carbonyl (C=O) groups is 1. The van der Waals surface area contributed by atoms with E-state index in [1.165, 1.54) is 24.3 Å². The Labute approximate surface area is 136 Å². The summed E-state index contributed by atoms with van der Waals surface area (Å²) in [6.07, 6.45) is -8.02. The van der Waals surface area contributed by atoms with Crippen molar-refractivity contribution < 1.29 is 27.8 Å². The Morgan fingerprint density at radius 3 is 2.12 bits per heavy atom. The van der Waals surface area contributed by atoms with Gasteiger partial charge < -0.3 is 15.2 Å². The molecule has 0 aliphatic heterocycles. The van der Waals surface area contributed by atoms with Gasteiger partial charge in [-0.1, -0.05) is 60.7 Å². The number of hydrogen-bond donors (Lipinski definition) is 2. The molecule has 2 rings (SSSR count). The van der Waals surface area contributed by atoms with Crippen LogP contribution >= 0.6 is 0 Å². The van der Waals surface area contributed by atoms with Crippen LogP contribution in [0, 0.1) is 0 Å². The van der Waals surface area contributed by atoms with Crippen LogP contribution in [0.1, 0.15) is 17.2 Å². The first kappa shape index (κ1) is 17.8. The van der Waals surface area contributed by atoms with Crippen molar-refractivity contribution >= 4 is 6.09 Å². The molecule has 2 aromatic rings. The molecule has 0 bridgehead atoms. The zero-order valence-electron chi connectivity index (χ0n) is 12.5. The van der Waals surface area contributed by atoms with Crippen LogP contribution in [0.5, 0.6) is 0 Å². The normalized spacial score (nSPS) is 13.8. The molecule has 0 aliphatic rings. The standard InChI is InChI=1S/C17H16F3NO3/c18-17(19,20)15(14(22)13-9-5-2-6-10-13)21-16(23)24-11-12-7-3-1-4-8-12/h1-10,14-15,22H,11H2,(H,21,23)/t14-,15-/m0/s1. The largest absolute Gasteiger partial charge is 0.445 e. The van der Waals surface area contributed by atoms with Gasteiger partial charge in [-0.15, -0.1) is 0 Å². The molecule has 24 heavy (non-hydrogen) atoms. The molecular weight excluding hydrogens is 323 g/mol. The minimum absolute atomic E-state index is 0.0446. The van der Waals surface area contributed by atoms with Crippen LogP contribution in [-0.4, -0.2) is 23.4 Å². The maximum atomic E-state index is 13.1. The summed E-state index contributed by atoms with van der Waals surface area (Å²) in [7, 11) is 0. The molecular formula is C17H16F3NO3. The Kier molecular flexibility index (Phi) is 5.81. The predicted molar refractivity (Wildman–Crippen MR) is 81.0 cm³/mol. The Hall–Kier alpha value is -2.54. The summed E-state index contributed by atoms with van der Waals surface area (Å²) in [5.41, 5.74) is 0.683. The summed E-state index contributed by atoms with van der Waals surface area (Å²) in [5.74, 6) is 0. The van der Waals surface area contributed by atoms with Crippen molar-refractivity contribution in [3.05, 3.63) is 71.8 Å². The number of carbonyl (C=O) groups excluding carboxylic acids is 1. The molecule has 7 heteroatoms. The van der Waals surface area contributed by atoms with E-state index in [4.69, 9.17) is 4.74 Å². The molecule has 2 atom stereocenters. The van der Waals surface area contributed by atoms with E-state index in [1.807, 2.05) is 0 Å². The zero-order valence-corrected chi connectivity index (χ0v) is 12.5. The fraction of sp³-hybridized carbons (Fsp3) is 0.235. The highest BCUT2D eigenvalue weighted by molar-refractivity contribution is 5.68. The van der Waals surface area contributed by atoms with Gasteiger partial charge in [0.25, 0.3) is 0 Å². The Balaban J connectivity index is 2.02. The summed E-state index contributed by atoms with van der Waals surface area (Å²) in [6.45, 7) is -0.168.